The van der Waals surface area contributed by atoms with Crippen molar-refractivity contribution in [2.75, 3.05) is 40.5 Å². The van der Waals surface area contributed by atoms with Gasteiger partial charge in [0.05, 0.1) is 6.61 Å². The lowest BCUT2D eigenvalue weighted by Gasteiger charge is -2.22. The first-order valence-corrected chi connectivity index (χ1v) is 9.15. The number of pyridine rings is 1. The quantitative estimate of drug-likeness (QED) is 0.444. The number of aliphatic imine (C=N–C) groups is 1. The van der Waals surface area contributed by atoms with Crippen molar-refractivity contribution in [1.82, 2.24) is 15.2 Å². The maximum atomic E-state index is 5.70. The van der Waals surface area contributed by atoms with Crippen molar-refractivity contribution >= 4 is 5.96 Å². The lowest BCUT2D eigenvalue weighted by atomic mass is 9.97. The zero-order chi connectivity index (χ0) is 18.1. The summed E-state index contributed by atoms with van der Waals surface area (Å²) in [6.07, 6.45) is 4.28. The molecule has 0 aromatic carbocycles. The summed E-state index contributed by atoms with van der Waals surface area (Å²) in [5.74, 6) is 3.13. The molecule has 1 aliphatic heterocycles. The van der Waals surface area contributed by atoms with E-state index >= 15 is 0 Å². The second-order valence-electron chi connectivity index (χ2n) is 6.94. The zero-order valence-electron chi connectivity index (χ0n) is 16.0. The van der Waals surface area contributed by atoms with Gasteiger partial charge in [-0.05, 0) is 30.7 Å². The van der Waals surface area contributed by atoms with Crippen molar-refractivity contribution in [2.24, 2.45) is 16.8 Å². The van der Waals surface area contributed by atoms with Gasteiger partial charge < -0.3 is 19.7 Å². The van der Waals surface area contributed by atoms with Crippen LogP contribution in [0.5, 0.6) is 5.88 Å². The Hall–Kier alpha value is -1.82. The number of likely N-dealkylation sites (tertiary alicyclic amines) is 1. The molecular formula is C19H32N4O2. The van der Waals surface area contributed by atoms with Gasteiger partial charge in [-0.15, -0.1) is 0 Å². The first-order chi connectivity index (χ1) is 12.1. The molecule has 0 radical (unpaired) electrons. The lowest BCUT2D eigenvalue weighted by Crippen LogP contribution is -2.39. The summed E-state index contributed by atoms with van der Waals surface area (Å²) in [6, 6.07) is 3.96. The van der Waals surface area contributed by atoms with E-state index in [4.69, 9.17) is 9.47 Å². The molecule has 6 nitrogen and oxygen atoms in total. The molecule has 0 amide bonds. The van der Waals surface area contributed by atoms with Gasteiger partial charge in [0.2, 0.25) is 5.88 Å². The van der Waals surface area contributed by atoms with E-state index in [0.29, 0.717) is 25.6 Å². The summed E-state index contributed by atoms with van der Waals surface area (Å²) in [5.41, 5.74) is 1.03. The van der Waals surface area contributed by atoms with E-state index in [0.717, 1.165) is 36.4 Å². The molecular weight excluding hydrogens is 316 g/mol. The Bertz CT molecular complexity index is 548. The van der Waals surface area contributed by atoms with Crippen LogP contribution in [0.2, 0.25) is 0 Å². The van der Waals surface area contributed by atoms with E-state index in [-0.39, 0.29) is 0 Å². The fourth-order valence-corrected chi connectivity index (χ4v) is 3.30. The molecule has 140 valence electrons. The molecule has 0 bridgehead atoms. The first-order valence-electron chi connectivity index (χ1n) is 9.15. The minimum atomic E-state index is 0.498. The van der Waals surface area contributed by atoms with Crippen LogP contribution in [0.25, 0.3) is 0 Å². The highest BCUT2D eigenvalue weighted by molar-refractivity contribution is 5.80. The molecule has 2 rings (SSSR count). The highest BCUT2D eigenvalue weighted by Gasteiger charge is 2.25. The normalized spacial score (nSPS) is 18.0. The number of nitrogens with zero attached hydrogens (tertiary/aromatic N) is 3. The Morgan fingerprint density at radius 2 is 2.28 bits per heavy atom. The Kier molecular flexibility index (Phi) is 7.98. The van der Waals surface area contributed by atoms with Gasteiger partial charge in [-0.25, -0.2) is 4.98 Å². The van der Waals surface area contributed by atoms with Gasteiger partial charge in [-0.1, -0.05) is 19.9 Å². The van der Waals surface area contributed by atoms with Gasteiger partial charge in [-0.2, -0.15) is 0 Å². The number of nitrogens with one attached hydrogen (secondary N) is 1. The van der Waals surface area contributed by atoms with Gasteiger partial charge in [0.1, 0.15) is 6.61 Å². The second-order valence-corrected chi connectivity index (χ2v) is 6.94. The van der Waals surface area contributed by atoms with Crippen LogP contribution in [0.3, 0.4) is 0 Å². The summed E-state index contributed by atoms with van der Waals surface area (Å²) in [4.78, 5) is 11.1. The Labute approximate surface area is 151 Å². The summed E-state index contributed by atoms with van der Waals surface area (Å²) in [5, 5.41) is 3.46. The van der Waals surface area contributed by atoms with E-state index < -0.39 is 0 Å². The number of hydrogen-bond acceptors (Lipinski definition) is 4. The molecule has 25 heavy (non-hydrogen) atoms. The van der Waals surface area contributed by atoms with E-state index in [1.807, 2.05) is 19.2 Å². The standard InChI is InChI=1S/C19H32N4O2/c1-15(2)12-16-7-9-23(14-16)19(20-3)22-13-17-6-5-8-21-18(17)25-11-10-24-4/h5-6,8,15-16H,7,9-14H2,1-4H3,(H,20,22). The molecule has 2 heterocycles. The third-order valence-electron chi connectivity index (χ3n) is 4.42. The van der Waals surface area contributed by atoms with Crippen LogP contribution in [-0.2, 0) is 11.3 Å². The zero-order valence-corrected chi connectivity index (χ0v) is 16.0. The maximum Gasteiger partial charge on any atom is 0.218 e. The third kappa shape index (κ3) is 6.20. The number of aromatic nitrogens is 1. The minimum Gasteiger partial charge on any atom is -0.475 e. The van der Waals surface area contributed by atoms with Gasteiger partial charge in [0, 0.05) is 45.6 Å². The summed E-state index contributed by atoms with van der Waals surface area (Å²) in [7, 11) is 3.51. The van der Waals surface area contributed by atoms with Crippen LogP contribution in [0, 0.1) is 11.8 Å². The monoisotopic (exact) mass is 348 g/mol. The Morgan fingerprint density at radius 1 is 1.44 bits per heavy atom. The molecule has 0 aliphatic carbocycles. The molecule has 1 aromatic heterocycles. The van der Waals surface area contributed by atoms with Gasteiger partial charge in [0.25, 0.3) is 0 Å². The van der Waals surface area contributed by atoms with E-state index in [2.05, 4.69) is 34.0 Å². The predicted molar refractivity (Wildman–Crippen MR) is 101 cm³/mol. The average molecular weight is 348 g/mol. The van der Waals surface area contributed by atoms with Crippen LogP contribution in [0.4, 0.5) is 0 Å². The Balaban J connectivity index is 1.89. The van der Waals surface area contributed by atoms with E-state index in [1.54, 1.807) is 13.3 Å². The van der Waals surface area contributed by atoms with Gasteiger partial charge >= 0.3 is 0 Å². The molecule has 1 aliphatic rings. The van der Waals surface area contributed by atoms with Crippen molar-refractivity contribution < 1.29 is 9.47 Å². The molecule has 0 spiro atoms. The maximum absolute atomic E-state index is 5.70. The van der Waals surface area contributed by atoms with Crippen LogP contribution >= 0.6 is 0 Å². The predicted octanol–water partition coefficient (Wildman–Crippen LogP) is 2.55. The summed E-state index contributed by atoms with van der Waals surface area (Å²) >= 11 is 0. The van der Waals surface area contributed by atoms with Crippen molar-refractivity contribution in [3.8, 4) is 5.88 Å². The molecule has 6 heteroatoms. The number of hydrogen-bond donors (Lipinski definition) is 1. The smallest absolute Gasteiger partial charge is 0.218 e. The van der Waals surface area contributed by atoms with Crippen LogP contribution in [0.1, 0.15) is 32.3 Å². The molecule has 1 unspecified atom stereocenters. The van der Waals surface area contributed by atoms with Crippen molar-refractivity contribution in [2.45, 2.75) is 33.2 Å². The molecule has 1 saturated heterocycles. The molecule has 1 fully saturated rings. The second kappa shape index (κ2) is 10.2. The van der Waals surface area contributed by atoms with E-state index in [9.17, 15) is 0 Å². The van der Waals surface area contributed by atoms with Crippen LogP contribution < -0.4 is 10.1 Å². The number of rotatable bonds is 8. The largest absolute Gasteiger partial charge is 0.475 e. The van der Waals surface area contributed by atoms with Crippen molar-refractivity contribution in [3.05, 3.63) is 23.9 Å². The summed E-state index contributed by atoms with van der Waals surface area (Å²) in [6.45, 7) is 8.44. The van der Waals surface area contributed by atoms with E-state index in [1.165, 1.54) is 12.8 Å². The number of ether oxygens (including phenoxy) is 2. The number of guanidine groups is 1. The molecule has 0 saturated carbocycles. The topological polar surface area (TPSA) is 59.0 Å². The van der Waals surface area contributed by atoms with Crippen LogP contribution in [-0.4, -0.2) is 56.3 Å². The highest BCUT2D eigenvalue weighted by atomic mass is 16.5. The third-order valence-corrected chi connectivity index (χ3v) is 4.42. The lowest BCUT2D eigenvalue weighted by molar-refractivity contribution is 0.143. The highest BCUT2D eigenvalue weighted by Crippen LogP contribution is 2.23. The minimum absolute atomic E-state index is 0.498. The fraction of sp³-hybridized carbons (Fsp3) is 0.684. The van der Waals surface area contributed by atoms with Crippen molar-refractivity contribution in [1.29, 1.82) is 0 Å². The SMILES string of the molecule is CN=C(NCc1cccnc1OCCOC)N1CCC(CC(C)C)C1. The molecule has 1 atom stereocenters. The summed E-state index contributed by atoms with van der Waals surface area (Å²) < 4.78 is 10.7. The van der Waals surface area contributed by atoms with Crippen molar-refractivity contribution in [3.63, 3.8) is 0 Å². The number of methoxy groups -OCH3 is 1. The Morgan fingerprint density at radius 3 is 3.00 bits per heavy atom. The fourth-order valence-electron chi connectivity index (χ4n) is 3.30. The van der Waals surface area contributed by atoms with Gasteiger partial charge in [-0.3, -0.25) is 4.99 Å². The molecule has 1 N–H and O–H groups in total. The first kappa shape index (κ1) is 19.5. The van der Waals surface area contributed by atoms with Crippen LogP contribution in [0.15, 0.2) is 23.3 Å². The van der Waals surface area contributed by atoms with Gasteiger partial charge in [0.15, 0.2) is 5.96 Å². The molecule has 1 aromatic rings. The average Bonchev–Trinajstić information content (AvgIpc) is 3.04.